The molecule has 2 heterocycles. The van der Waals surface area contributed by atoms with Crippen LogP contribution < -0.4 is 15.0 Å². The largest absolute Gasteiger partial charge is 0.478 e. The van der Waals surface area contributed by atoms with Gasteiger partial charge in [0, 0.05) is 19.1 Å². The van der Waals surface area contributed by atoms with E-state index in [0.29, 0.717) is 24.4 Å². The van der Waals surface area contributed by atoms with Crippen molar-refractivity contribution < 1.29 is 4.74 Å². The minimum absolute atomic E-state index is 0.520. The van der Waals surface area contributed by atoms with E-state index in [9.17, 15) is 0 Å². The van der Waals surface area contributed by atoms with Crippen molar-refractivity contribution in [2.75, 3.05) is 31.1 Å². The molecule has 1 N–H and O–H groups in total. The number of nitrogens with zero attached hydrogens (tertiary/aromatic N) is 3. The minimum Gasteiger partial charge on any atom is -0.478 e. The highest BCUT2D eigenvalue weighted by molar-refractivity contribution is 5.51. The van der Waals surface area contributed by atoms with Crippen LogP contribution in [0.25, 0.3) is 0 Å². The van der Waals surface area contributed by atoms with Gasteiger partial charge in [0.25, 0.3) is 0 Å². The Morgan fingerprint density at radius 1 is 1.43 bits per heavy atom. The van der Waals surface area contributed by atoms with Crippen molar-refractivity contribution in [2.24, 2.45) is 5.92 Å². The molecule has 1 aromatic heterocycles. The molecule has 1 fully saturated rings. The van der Waals surface area contributed by atoms with E-state index < -0.39 is 0 Å². The second-order valence-corrected chi connectivity index (χ2v) is 6.10. The first-order valence-electron chi connectivity index (χ1n) is 8.05. The Labute approximate surface area is 128 Å². The highest BCUT2D eigenvalue weighted by Crippen LogP contribution is 2.29. The van der Waals surface area contributed by atoms with Crippen LogP contribution in [-0.2, 0) is 0 Å². The van der Waals surface area contributed by atoms with E-state index in [0.717, 1.165) is 31.0 Å². The van der Waals surface area contributed by atoms with Gasteiger partial charge in [0.05, 0.1) is 12.2 Å². The SMILES string of the molecule is CCOc1ncnc(N2CCCC2CNCC(C)C)c1C. The van der Waals surface area contributed by atoms with Gasteiger partial charge in [-0.2, -0.15) is 0 Å². The molecule has 0 spiro atoms. The van der Waals surface area contributed by atoms with Gasteiger partial charge in [-0.1, -0.05) is 13.8 Å². The average Bonchev–Trinajstić information content (AvgIpc) is 2.89. The van der Waals surface area contributed by atoms with Gasteiger partial charge in [-0.25, -0.2) is 9.97 Å². The number of aromatic nitrogens is 2. The van der Waals surface area contributed by atoms with Gasteiger partial charge < -0.3 is 15.0 Å². The van der Waals surface area contributed by atoms with E-state index in [1.165, 1.54) is 12.8 Å². The van der Waals surface area contributed by atoms with E-state index in [-0.39, 0.29) is 0 Å². The molecule has 118 valence electrons. The summed E-state index contributed by atoms with van der Waals surface area (Å²) in [5, 5.41) is 3.57. The van der Waals surface area contributed by atoms with Crippen molar-refractivity contribution in [2.45, 2.75) is 46.6 Å². The summed E-state index contributed by atoms with van der Waals surface area (Å²) in [4.78, 5) is 11.1. The number of hydrogen-bond acceptors (Lipinski definition) is 5. The Morgan fingerprint density at radius 3 is 2.95 bits per heavy atom. The average molecular weight is 292 g/mol. The lowest BCUT2D eigenvalue weighted by molar-refractivity contribution is 0.323. The Kier molecular flexibility index (Phi) is 5.79. The van der Waals surface area contributed by atoms with Gasteiger partial charge in [0.15, 0.2) is 0 Å². The topological polar surface area (TPSA) is 50.3 Å². The van der Waals surface area contributed by atoms with E-state index in [2.05, 4.69) is 41.0 Å². The van der Waals surface area contributed by atoms with E-state index >= 15 is 0 Å². The fourth-order valence-corrected chi connectivity index (χ4v) is 2.86. The lowest BCUT2D eigenvalue weighted by Crippen LogP contribution is -2.39. The maximum Gasteiger partial charge on any atom is 0.221 e. The Morgan fingerprint density at radius 2 is 2.24 bits per heavy atom. The number of rotatable bonds is 7. The molecule has 1 aliphatic heterocycles. The van der Waals surface area contributed by atoms with Crippen molar-refractivity contribution in [3.63, 3.8) is 0 Å². The van der Waals surface area contributed by atoms with Crippen LogP contribution in [0.2, 0.25) is 0 Å². The molecule has 0 aromatic carbocycles. The molecule has 0 amide bonds. The standard InChI is InChI=1S/C16H28N4O/c1-5-21-16-13(4)15(18-11-19-16)20-8-6-7-14(20)10-17-9-12(2)3/h11-12,14,17H,5-10H2,1-4H3. The number of ether oxygens (including phenoxy) is 1. The van der Waals surface area contributed by atoms with Gasteiger partial charge in [-0.05, 0) is 39.2 Å². The predicted molar refractivity (Wildman–Crippen MR) is 86.0 cm³/mol. The lowest BCUT2D eigenvalue weighted by Gasteiger charge is -2.28. The van der Waals surface area contributed by atoms with Gasteiger partial charge in [-0.3, -0.25) is 0 Å². The van der Waals surface area contributed by atoms with Crippen LogP contribution in [0.15, 0.2) is 6.33 Å². The Balaban J connectivity index is 2.07. The molecule has 0 saturated carbocycles. The molecule has 0 bridgehead atoms. The maximum atomic E-state index is 5.59. The molecule has 2 rings (SSSR count). The van der Waals surface area contributed by atoms with Crippen LogP contribution in [-0.4, -0.2) is 42.3 Å². The van der Waals surface area contributed by atoms with Crippen LogP contribution in [0.5, 0.6) is 5.88 Å². The third-order valence-electron chi connectivity index (χ3n) is 3.87. The van der Waals surface area contributed by atoms with Crippen LogP contribution in [0.1, 0.15) is 39.2 Å². The molecule has 1 aromatic rings. The summed E-state index contributed by atoms with van der Waals surface area (Å²) in [5.41, 5.74) is 1.05. The van der Waals surface area contributed by atoms with Crippen molar-refractivity contribution in [1.82, 2.24) is 15.3 Å². The van der Waals surface area contributed by atoms with E-state index in [4.69, 9.17) is 4.74 Å². The van der Waals surface area contributed by atoms with Crippen molar-refractivity contribution in [1.29, 1.82) is 0 Å². The summed E-state index contributed by atoms with van der Waals surface area (Å²) < 4.78 is 5.59. The minimum atomic E-state index is 0.520. The van der Waals surface area contributed by atoms with Gasteiger partial charge in [-0.15, -0.1) is 0 Å². The molecule has 0 radical (unpaired) electrons. The molecule has 1 unspecified atom stereocenters. The van der Waals surface area contributed by atoms with Crippen LogP contribution in [0.4, 0.5) is 5.82 Å². The molecule has 1 saturated heterocycles. The molecule has 5 nitrogen and oxygen atoms in total. The number of hydrogen-bond donors (Lipinski definition) is 1. The third kappa shape index (κ3) is 4.06. The quantitative estimate of drug-likeness (QED) is 0.836. The number of anilines is 1. The summed E-state index contributed by atoms with van der Waals surface area (Å²) in [7, 11) is 0. The Bertz CT molecular complexity index is 450. The van der Waals surface area contributed by atoms with Crippen molar-refractivity contribution in [3.8, 4) is 5.88 Å². The first-order chi connectivity index (χ1) is 10.1. The molecule has 21 heavy (non-hydrogen) atoms. The molecular weight excluding hydrogens is 264 g/mol. The van der Waals surface area contributed by atoms with Crippen molar-refractivity contribution in [3.05, 3.63) is 11.9 Å². The van der Waals surface area contributed by atoms with Crippen LogP contribution in [0.3, 0.4) is 0 Å². The zero-order valence-corrected chi connectivity index (χ0v) is 13.7. The second kappa shape index (κ2) is 7.59. The summed E-state index contributed by atoms with van der Waals surface area (Å²) >= 11 is 0. The zero-order chi connectivity index (χ0) is 15.2. The van der Waals surface area contributed by atoms with E-state index in [1.54, 1.807) is 6.33 Å². The monoisotopic (exact) mass is 292 g/mol. The molecule has 1 aliphatic rings. The fraction of sp³-hybridized carbons (Fsp3) is 0.750. The normalized spacial score (nSPS) is 18.5. The molecule has 0 aliphatic carbocycles. The Hall–Kier alpha value is -1.36. The van der Waals surface area contributed by atoms with Crippen LogP contribution in [0, 0.1) is 12.8 Å². The second-order valence-electron chi connectivity index (χ2n) is 6.10. The maximum absolute atomic E-state index is 5.59. The first-order valence-corrected chi connectivity index (χ1v) is 8.05. The smallest absolute Gasteiger partial charge is 0.221 e. The van der Waals surface area contributed by atoms with Gasteiger partial charge in [0.1, 0.15) is 12.1 Å². The summed E-state index contributed by atoms with van der Waals surface area (Å²) in [6.07, 6.45) is 4.06. The summed E-state index contributed by atoms with van der Waals surface area (Å²) in [5.74, 6) is 2.43. The van der Waals surface area contributed by atoms with Gasteiger partial charge >= 0.3 is 0 Å². The molecule has 5 heteroatoms. The summed E-state index contributed by atoms with van der Waals surface area (Å²) in [6.45, 7) is 12.3. The fourth-order valence-electron chi connectivity index (χ4n) is 2.86. The predicted octanol–water partition coefficient (Wildman–Crippen LogP) is 2.40. The highest BCUT2D eigenvalue weighted by Gasteiger charge is 2.27. The molecular formula is C16H28N4O. The van der Waals surface area contributed by atoms with Gasteiger partial charge in [0.2, 0.25) is 5.88 Å². The number of nitrogens with one attached hydrogen (secondary N) is 1. The zero-order valence-electron chi connectivity index (χ0n) is 13.7. The summed E-state index contributed by atoms with van der Waals surface area (Å²) in [6, 6.07) is 0.520. The third-order valence-corrected chi connectivity index (χ3v) is 3.87. The van der Waals surface area contributed by atoms with E-state index in [1.807, 2.05) is 6.92 Å². The first kappa shape index (κ1) is 16.0. The lowest BCUT2D eigenvalue weighted by atomic mass is 10.2. The van der Waals surface area contributed by atoms with Crippen molar-refractivity contribution >= 4 is 5.82 Å². The highest BCUT2D eigenvalue weighted by atomic mass is 16.5. The molecule has 1 atom stereocenters. The van der Waals surface area contributed by atoms with Crippen LogP contribution >= 0.6 is 0 Å².